The van der Waals surface area contributed by atoms with Gasteiger partial charge in [-0.1, -0.05) is 54.1 Å². The lowest BCUT2D eigenvalue weighted by atomic mass is 10.0. The number of aryl methyl sites for hydroxylation is 3. The molecule has 0 saturated carbocycles. The van der Waals surface area contributed by atoms with Crippen LogP contribution in [0.4, 0.5) is 13.2 Å². The lowest BCUT2D eigenvalue weighted by molar-refractivity contribution is -0.153. The van der Waals surface area contributed by atoms with Crippen LogP contribution in [0.2, 0.25) is 0 Å². The second-order valence-electron chi connectivity index (χ2n) is 10.5. The third-order valence-electron chi connectivity index (χ3n) is 6.90. The van der Waals surface area contributed by atoms with Gasteiger partial charge in [0.1, 0.15) is 5.76 Å². The molecule has 0 radical (unpaired) electrons. The number of carboxylic acid groups (broad SMARTS) is 1. The Labute approximate surface area is 253 Å². The van der Waals surface area contributed by atoms with Gasteiger partial charge in [-0.2, -0.15) is 17.5 Å². The summed E-state index contributed by atoms with van der Waals surface area (Å²) in [4.78, 5) is 10.9. The van der Waals surface area contributed by atoms with Crippen LogP contribution in [0.25, 0.3) is 11.1 Å². The van der Waals surface area contributed by atoms with Crippen LogP contribution in [0.1, 0.15) is 33.8 Å². The van der Waals surface area contributed by atoms with E-state index < -0.39 is 43.5 Å². The molecule has 0 saturated heterocycles. The van der Waals surface area contributed by atoms with Gasteiger partial charge in [0.05, 0.1) is 9.79 Å². The molecule has 0 aliphatic rings. The first-order valence-corrected chi connectivity index (χ1v) is 16.4. The highest BCUT2D eigenvalue weighted by Crippen LogP contribution is 2.32. The summed E-state index contributed by atoms with van der Waals surface area (Å²) < 4.78 is 98.0. The maximum absolute atomic E-state index is 14.0. The number of furan rings is 1. The monoisotopic (exact) mass is 649 g/mol. The summed E-state index contributed by atoms with van der Waals surface area (Å²) in [5.41, 5.74) is 3.66. The zero-order chi connectivity index (χ0) is 32.4. The molecule has 1 heterocycles. The molecule has 0 unspecified atom stereocenters. The van der Waals surface area contributed by atoms with Crippen LogP contribution in [0.3, 0.4) is 0 Å². The SMILES string of the molecule is Cc1cc(C)c(S(=O)(=O)N(CCc2ccc(C(F)(F)F)o2)Cc2ccc(-c3cccc(S(=O)(=O)CC(=O)O)c3)cc2)c(C)c1. The number of nitrogens with zero attached hydrogens (tertiary/aromatic N) is 1. The first-order valence-electron chi connectivity index (χ1n) is 13.4. The molecule has 1 N–H and O–H groups in total. The van der Waals surface area contributed by atoms with Crippen molar-refractivity contribution in [1.82, 2.24) is 4.31 Å². The van der Waals surface area contributed by atoms with Gasteiger partial charge >= 0.3 is 12.1 Å². The van der Waals surface area contributed by atoms with E-state index in [2.05, 4.69) is 0 Å². The van der Waals surface area contributed by atoms with Gasteiger partial charge in [0.15, 0.2) is 15.6 Å². The molecule has 0 amide bonds. The molecular weight excluding hydrogens is 619 g/mol. The van der Waals surface area contributed by atoms with E-state index in [0.717, 1.165) is 11.6 Å². The minimum absolute atomic E-state index is 0.0112. The van der Waals surface area contributed by atoms with E-state index in [1.165, 1.54) is 28.6 Å². The van der Waals surface area contributed by atoms with Crippen LogP contribution in [0.5, 0.6) is 0 Å². The average molecular weight is 650 g/mol. The molecule has 0 bridgehead atoms. The normalized spacial score (nSPS) is 12.5. The van der Waals surface area contributed by atoms with Gasteiger partial charge in [0.2, 0.25) is 15.8 Å². The third-order valence-corrected chi connectivity index (χ3v) is 10.7. The molecule has 0 atom stereocenters. The Bertz CT molecular complexity index is 1870. The van der Waals surface area contributed by atoms with Crippen molar-refractivity contribution >= 4 is 25.8 Å². The van der Waals surface area contributed by atoms with E-state index in [1.54, 1.807) is 56.3 Å². The van der Waals surface area contributed by atoms with Crippen LogP contribution in [0.15, 0.2) is 87.0 Å². The van der Waals surface area contributed by atoms with Gasteiger partial charge in [-0.25, -0.2) is 16.8 Å². The zero-order valence-electron chi connectivity index (χ0n) is 24.1. The summed E-state index contributed by atoms with van der Waals surface area (Å²) in [7, 11) is -8.15. The molecule has 0 aliphatic carbocycles. The topological polar surface area (TPSA) is 122 Å². The number of aliphatic carboxylic acids is 1. The van der Waals surface area contributed by atoms with Crippen molar-refractivity contribution in [3.63, 3.8) is 0 Å². The molecule has 0 spiro atoms. The maximum Gasteiger partial charge on any atom is 0.449 e. The highest BCUT2D eigenvalue weighted by molar-refractivity contribution is 7.92. The number of alkyl halides is 3. The van der Waals surface area contributed by atoms with Crippen LogP contribution in [-0.2, 0) is 43.8 Å². The van der Waals surface area contributed by atoms with Crippen LogP contribution in [-0.4, -0.2) is 44.5 Å². The minimum atomic E-state index is -4.66. The number of benzene rings is 3. The van der Waals surface area contributed by atoms with Crippen LogP contribution >= 0.6 is 0 Å². The Kier molecular flexibility index (Phi) is 9.43. The molecule has 13 heteroatoms. The Morgan fingerprint density at radius 1 is 0.864 bits per heavy atom. The first-order chi connectivity index (χ1) is 20.5. The standard InChI is InChI=1S/C31H30F3NO7S2/c1-20-15-21(2)30(22(3)16-20)44(40,41)35(14-13-26-11-12-28(42-26)31(32,33)34)18-23-7-9-24(10-8-23)25-5-4-6-27(17-25)43(38,39)19-29(36)37/h4-12,15-17H,13-14,18-19H2,1-3H3,(H,36,37). The van der Waals surface area contributed by atoms with E-state index in [4.69, 9.17) is 9.52 Å². The summed E-state index contributed by atoms with van der Waals surface area (Å²) in [6, 6.07) is 18.0. The van der Waals surface area contributed by atoms with Gasteiger partial charge in [-0.3, -0.25) is 4.79 Å². The molecule has 4 aromatic rings. The molecule has 0 fully saturated rings. The number of carbonyl (C=O) groups is 1. The van der Waals surface area contributed by atoms with E-state index in [0.29, 0.717) is 27.8 Å². The van der Waals surface area contributed by atoms with Gasteiger partial charge in [0, 0.05) is 19.5 Å². The Morgan fingerprint density at radius 2 is 1.50 bits per heavy atom. The number of hydrogen-bond donors (Lipinski definition) is 1. The number of sulfonamides is 1. The summed E-state index contributed by atoms with van der Waals surface area (Å²) in [5, 5.41) is 8.93. The van der Waals surface area contributed by atoms with Crippen molar-refractivity contribution < 1.29 is 44.3 Å². The molecular formula is C31H30F3NO7S2. The summed E-state index contributed by atoms with van der Waals surface area (Å²) in [5.74, 6) is -3.69. The molecule has 1 aromatic heterocycles. The van der Waals surface area contributed by atoms with Gasteiger partial charge in [-0.15, -0.1) is 0 Å². The zero-order valence-corrected chi connectivity index (χ0v) is 25.7. The number of halogens is 3. The molecule has 4 rings (SSSR count). The van der Waals surface area contributed by atoms with Crippen molar-refractivity contribution in [1.29, 1.82) is 0 Å². The fourth-order valence-electron chi connectivity index (χ4n) is 5.01. The van der Waals surface area contributed by atoms with Crippen molar-refractivity contribution in [3.8, 4) is 11.1 Å². The van der Waals surface area contributed by atoms with Crippen molar-refractivity contribution in [2.24, 2.45) is 0 Å². The number of carboxylic acids is 1. The minimum Gasteiger partial charge on any atom is -0.480 e. The fraction of sp³-hybridized carbons (Fsp3) is 0.258. The third kappa shape index (κ3) is 7.58. The average Bonchev–Trinajstić information content (AvgIpc) is 3.40. The van der Waals surface area contributed by atoms with Crippen molar-refractivity contribution in [3.05, 3.63) is 107 Å². The molecule has 3 aromatic carbocycles. The molecule has 0 aliphatic heterocycles. The Hall–Kier alpha value is -3.94. The predicted molar refractivity (Wildman–Crippen MR) is 157 cm³/mol. The van der Waals surface area contributed by atoms with E-state index in [-0.39, 0.29) is 35.1 Å². The van der Waals surface area contributed by atoms with Gasteiger partial charge < -0.3 is 9.52 Å². The maximum atomic E-state index is 14.0. The summed E-state index contributed by atoms with van der Waals surface area (Å²) >= 11 is 0. The lowest BCUT2D eigenvalue weighted by Gasteiger charge is -2.24. The fourth-order valence-corrected chi connectivity index (χ4v) is 7.93. The molecule has 234 valence electrons. The highest BCUT2D eigenvalue weighted by atomic mass is 32.2. The number of sulfone groups is 1. The van der Waals surface area contributed by atoms with Crippen LogP contribution in [0, 0.1) is 20.8 Å². The van der Waals surface area contributed by atoms with E-state index >= 15 is 0 Å². The Balaban J connectivity index is 1.64. The van der Waals surface area contributed by atoms with Crippen molar-refractivity contribution in [2.45, 2.75) is 49.7 Å². The number of rotatable bonds is 11. The second-order valence-corrected chi connectivity index (χ2v) is 14.3. The summed E-state index contributed by atoms with van der Waals surface area (Å²) in [6.45, 7) is 4.96. The quantitative estimate of drug-likeness (QED) is 0.206. The lowest BCUT2D eigenvalue weighted by Crippen LogP contribution is -2.33. The molecule has 8 nitrogen and oxygen atoms in total. The largest absolute Gasteiger partial charge is 0.480 e. The van der Waals surface area contributed by atoms with E-state index in [1.807, 2.05) is 6.92 Å². The van der Waals surface area contributed by atoms with Gasteiger partial charge in [-0.05, 0) is 72.9 Å². The molecule has 44 heavy (non-hydrogen) atoms. The Morgan fingerprint density at radius 3 is 2.07 bits per heavy atom. The first kappa shape index (κ1) is 33.0. The highest BCUT2D eigenvalue weighted by Gasteiger charge is 2.35. The summed E-state index contributed by atoms with van der Waals surface area (Å²) in [6.07, 6.45) is -4.77. The van der Waals surface area contributed by atoms with Crippen molar-refractivity contribution in [2.75, 3.05) is 12.3 Å². The van der Waals surface area contributed by atoms with E-state index in [9.17, 15) is 34.8 Å². The number of hydrogen-bond acceptors (Lipinski definition) is 6. The second kappa shape index (κ2) is 12.6. The van der Waals surface area contributed by atoms with Gasteiger partial charge in [0.25, 0.3) is 0 Å². The van der Waals surface area contributed by atoms with Crippen LogP contribution < -0.4 is 0 Å². The smallest absolute Gasteiger partial charge is 0.449 e. The predicted octanol–water partition coefficient (Wildman–Crippen LogP) is 6.18.